The molecule has 2 aliphatic rings. The Morgan fingerprint density at radius 3 is 1.80 bits per heavy atom. The lowest BCUT2D eigenvalue weighted by molar-refractivity contribution is -0.124. The van der Waals surface area contributed by atoms with Gasteiger partial charge in [0.25, 0.3) is 12.9 Å². The predicted molar refractivity (Wildman–Crippen MR) is 234 cm³/mol. The van der Waals surface area contributed by atoms with Crippen LogP contribution < -0.4 is 24.0 Å². The number of ether oxygens (including phenoxy) is 3. The second-order valence-corrected chi connectivity index (χ2v) is 19.1. The molecular formula is C44H42F4N8O11S2. The second kappa shape index (κ2) is 22.2. The van der Waals surface area contributed by atoms with Crippen molar-refractivity contribution >= 4 is 55.4 Å². The number of halogens is 4. The molecule has 0 radical (unpaired) electrons. The lowest BCUT2D eigenvalue weighted by atomic mass is 9.96. The third-order valence-corrected chi connectivity index (χ3v) is 13.1. The highest BCUT2D eigenvalue weighted by molar-refractivity contribution is 7.89. The number of rotatable bonds is 19. The first-order valence-electron chi connectivity index (χ1n) is 20.9. The van der Waals surface area contributed by atoms with E-state index in [4.69, 9.17) is 14.2 Å². The van der Waals surface area contributed by atoms with Crippen LogP contribution in [0.2, 0.25) is 0 Å². The fourth-order valence-electron chi connectivity index (χ4n) is 7.28. The van der Waals surface area contributed by atoms with Gasteiger partial charge in [-0.3, -0.25) is 19.0 Å². The first-order chi connectivity index (χ1) is 32.8. The van der Waals surface area contributed by atoms with E-state index in [9.17, 15) is 64.1 Å². The van der Waals surface area contributed by atoms with Crippen molar-refractivity contribution in [2.75, 3.05) is 49.2 Å². The summed E-state index contributed by atoms with van der Waals surface area (Å²) in [5.41, 5.74) is -1.22. The van der Waals surface area contributed by atoms with Crippen molar-refractivity contribution in [2.24, 2.45) is 11.8 Å². The number of alkyl halides is 4. The molecule has 4 heterocycles. The monoisotopic (exact) mass is 998 g/mol. The maximum atomic E-state index is 13.9. The molecule has 25 heteroatoms. The van der Waals surface area contributed by atoms with E-state index in [2.05, 4.69) is 9.97 Å². The quantitative estimate of drug-likeness (QED) is 0.0980. The topological polar surface area (TPSA) is 268 Å². The molecule has 2 aromatic heterocycles. The van der Waals surface area contributed by atoms with Crippen molar-refractivity contribution in [2.45, 2.75) is 50.7 Å². The van der Waals surface area contributed by atoms with Crippen molar-refractivity contribution in [3.05, 3.63) is 111 Å². The summed E-state index contributed by atoms with van der Waals surface area (Å²) in [7, 11) is -8.29. The molecule has 364 valence electrons. The van der Waals surface area contributed by atoms with Gasteiger partial charge in [-0.1, -0.05) is 54.6 Å². The normalized spacial score (nSPS) is 14.3. The highest BCUT2D eigenvalue weighted by Crippen LogP contribution is 2.33. The molecule has 19 nitrogen and oxygen atoms in total. The molecule has 0 spiro atoms. The minimum Gasteiger partial charge on any atom is -0.471 e. The van der Waals surface area contributed by atoms with Crippen LogP contribution in [0.1, 0.15) is 80.4 Å². The number of carbonyl (C=O) groups is 4. The van der Waals surface area contributed by atoms with Gasteiger partial charge in [-0.15, -0.1) is 0 Å². The Morgan fingerprint density at radius 2 is 1.25 bits per heavy atom. The van der Waals surface area contributed by atoms with Gasteiger partial charge in [0.05, 0.1) is 40.7 Å². The number of hydrogen-bond donors (Lipinski definition) is 2. The van der Waals surface area contributed by atoms with E-state index in [-0.39, 0.29) is 74.0 Å². The van der Waals surface area contributed by atoms with E-state index in [0.717, 1.165) is 12.1 Å². The lowest BCUT2D eigenvalue weighted by Crippen LogP contribution is -2.55. The van der Waals surface area contributed by atoms with Crippen LogP contribution in [0.15, 0.2) is 66.7 Å². The summed E-state index contributed by atoms with van der Waals surface area (Å²) in [4.78, 5) is 62.3. The Labute approximate surface area is 393 Å². The van der Waals surface area contributed by atoms with E-state index >= 15 is 0 Å². The molecule has 0 aliphatic carbocycles. The average molecular weight is 999 g/mol. The fraction of sp³-hybridized carbons (Fsp3) is 0.364. The summed E-state index contributed by atoms with van der Waals surface area (Å²) in [5.74, 6) is -7.33. The molecule has 2 N–H and O–H groups in total. The van der Waals surface area contributed by atoms with E-state index in [1.54, 1.807) is 30.3 Å². The van der Waals surface area contributed by atoms with Crippen LogP contribution in [0.4, 0.5) is 29.2 Å². The number of anilines is 2. The number of carbonyl (C=O) groups excluding carboxylic acids is 4. The number of nitrogens with one attached hydrogen (secondary N) is 2. The SMILES string of the molecule is CCOC(=O)c1cc(C#N)c(N2CCC(C(=O)NS(=O)(=O)Cc3ccc(COC(=O)c4cc(C#N)c(N5CC(C(=O)NS(=O)(=O)Cc6ccccc6)C5)nc4OCC(F)F)cc3)CC2)nc1C(F)F. The summed E-state index contributed by atoms with van der Waals surface area (Å²) in [6.07, 6.45) is -5.99. The summed E-state index contributed by atoms with van der Waals surface area (Å²) in [6, 6.07) is 19.5. The van der Waals surface area contributed by atoms with Gasteiger partial charge < -0.3 is 24.0 Å². The third-order valence-electron chi connectivity index (χ3n) is 10.7. The van der Waals surface area contributed by atoms with Gasteiger partial charge in [0.15, 0.2) is 12.4 Å². The first kappa shape index (κ1) is 51.0. The zero-order valence-electron chi connectivity index (χ0n) is 36.4. The largest absolute Gasteiger partial charge is 0.471 e. The molecule has 4 aromatic rings. The molecule has 2 saturated heterocycles. The minimum absolute atomic E-state index is 0.0483. The van der Waals surface area contributed by atoms with Crippen molar-refractivity contribution in [3.63, 3.8) is 0 Å². The molecule has 2 amide bonds. The Kier molecular flexibility index (Phi) is 16.4. The van der Waals surface area contributed by atoms with Crippen LogP contribution in [0.5, 0.6) is 5.88 Å². The van der Waals surface area contributed by atoms with Crippen LogP contribution in [0, 0.1) is 34.5 Å². The minimum atomic E-state index is -4.25. The number of esters is 2. The number of aromatic nitrogens is 2. The highest BCUT2D eigenvalue weighted by Gasteiger charge is 2.38. The van der Waals surface area contributed by atoms with Crippen LogP contribution in [0.3, 0.4) is 0 Å². The van der Waals surface area contributed by atoms with Gasteiger partial charge in [-0.25, -0.2) is 49.0 Å². The molecule has 2 aromatic carbocycles. The number of nitrogens with zero attached hydrogens (tertiary/aromatic N) is 6. The molecule has 2 fully saturated rings. The summed E-state index contributed by atoms with van der Waals surface area (Å²) in [6.45, 7) is -0.314. The molecule has 0 bridgehead atoms. The smallest absolute Gasteiger partial charge is 0.344 e. The van der Waals surface area contributed by atoms with Crippen LogP contribution in [-0.2, 0) is 57.2 Å². The third kappa shape index (κ3) is 13.2. The number of benzene rings is 2. The Bertz CT molecular complexity index is 2890. The van der Waals surface area contributed by atoms with Crippen molar-refractivity contribution in [3.8, 4) is 18.0 Å². The Hall–Kier alpha value is -7.38. The standard InChI is InChI=1S/C44H42F4N8O11S2/c1-2-65-43(59)33-16-30(18-49)38(51-36(33)37(47)48)55-14-12-29(13-15-55)40(57)53-69(63,64)25-28-10-8-26(9-11-28)22-67-44(60)34-17-31(19-50)39(52-42(34)66-23-35(45)46)56-20-32(21-56)41(58)54-68(61,62)24-27-6-4-3-5-7-27/h3-11,16-17,29,32,35,37H,2,12-15,20-25H2,1H3,(H,53,57)(H,54,58). The second-order valence-electron chi connectivity index (χ2n) is 15.6. The Balaban J connectivity index is 1.02. The van der Waals surface area contributed by atoms with E-state index < -0.39 is 116 Å². The molecule has 0 atom stereocenters. The maximum Gasteiger partial charge on any atom is 0.344 e. The van der Waals surface area contributed by atoms with E-state index in [1.807, 2.05) is 21.6 Å². The predicted octanol–water partition coefficient (Wildman–Crippen LogP) is 4.28. The van der Waals surface area contributed by atoms with Gasteiger partial charge in [0, 0.05) is 32.1 Å². The molecular weight excluding hydrogens is 957 g/mol. The summed E-state index contributed by atoms with van der Waals surface area (Å²) >= 11 is 0. The van der Waals surface area contributed by atoms with Crippen LogP contribution in [-0.4, -0.2) is 96.4 Å². The highest BCUT2D eigenvalue weighted by atomic mass is 32.2. The van der Waals surface area contributed by atoms with Gasteiger partial charge in [-0.2, -0.15) is 15.5 Å². The molecule has 2 aliphatic heterocycles. The fourth-order valence-corrected chi connectivity index (χ4v) is 9.63. The molecule has 0 saturated carbocycles. The van der Waals surface area contributed by atoms with Crippen LogP contribution >= 0.6 is 0 Å². The van der Waals surface area contributed by atoms with Gasteiger partial charge >= 0.3 is 11.9 Å². The van der Waals surface area contributed by atoms with Crippen molar-refractivity contribution in [1.29, 1.82) is 10.5 Å². The van der Waals surface area contributed by atoms with Crippen molar-refractivity contribution in [1.82, 2.24) is 19.4 Å². The molecule has 6 rings (SSSR count). The van der Waals surface area contributed by atoms with Gasteiger partial charge in [-0.05, 0) is 48.6 Å². The van der Waals surface area contributed by atoms with Gasteiger partial charge in [0.2, 0.25) is 37.7 Å². The number of nitriles is 2. The zero-order valence-corrected chi connectivity index (χ0v) is 38.1. The average Bonchev–Trinajstić information content (AvgIpc) is 3.29. The first-order valence-corrected chi connectivity index (χ1v) is 24.2. The maximum absolute atomic E-state index is 13.9. The lowest BCUT2D eigenvalue weighted by Gasteiger charge is -2.39. The molecule has 0 unspecified atom stereocenters. The zero-order chi connectivity index (χ0) is 50.0. The summed E-state index contributed by atoms with van der Waals surface area (Å²) < 4.78 is 125. The number of amides is 2. The molecule has 69 heavy (non-hydrogen) atoms. The number of piperidine rings is 1. The van der Waals surface area contributed by atoms with Crippen LogP contribution in [0.25, 0.3) is 0 Å². The number of pyridine rings is 2. The van der Waals surface area contributed by atoms with Crippen molar-refractivity contribution < 1.29 is 67.8 Å². The Morgan fingerprint density at radius 1 is 0.725 bits per heavy atom. The van der Waals surface area contributed by atoms with E-state index in [1.165, 1.54) is 41.0 Å². The number of hydrogen-bond acceptors (Lipinski definition) is 17. The summed E-state index contributed by atoms with van der Waals surface area (Å²) in [5, 5.41) is 19.6. The van der Waals surface area contributed by atoms with E-state index in [0.29, 0.717) is 11.1 Å². The number of sulfonamides is 2. The van der Waals surface area contributed by atoms with Gasteiger partial charge in [0.1, 0.15) is 35.8 Å².